The molecule has 0 unspecified atom stereocenters. The van der Waals surface area contributed by atoms with Gasteiger partial charge in [-0.2, -0.15) is 0 Å². The fourth-order valence-electron chi connectivity index (χ4n) is 2.82. The van der Waals surface area contributed by atoms with Crippen molar-refractivity contribution in [2.24, 2.45) is 5.73 Å². The minimum absolute atomic E-state index is 0.0287. The molecule has 0 saturated carbocycles. The second kappa shape index (κ2) is 9.32. The van der Waals surface area contributed by atoms with Crippen LogP contribution in [0, 0.1) is 0 Å². The van der Waals surface area contributed by atoms with Crippen LogP contribution >= 0.6 is 11.8 Å². The normalized spacial score (nSPS) is 11.0. The highest BCUT2D eigenvalue weighted by atomic mass is 32.2. The number of hydrogen-bond acceptors (Lipinski definition) is 5. The van der Waals surface area contributed by atoms with Crippen molar-refractivity contribution in [1.29, 1.82) is 0 Å². The molecule has 0 aliphatic heterocycles. The van der Waals surface area contributed by atoms with Crippen LogP contribution in [-0.4, -0.2) is 20.4 Å². The van der Waals surface area contributed by atoms with Gasteiger partial charge in [-0.05, 0) is 37.1 Å². The minimum atomic E-state index is -0.286. The number of unbranched alkanes of at least 4 members (excludes halogenated alkanes) is 2. The minimum Gasteiger partial charge on any atom is -0.370 e. The van der Waals surface area contributed by atoms with Gasteiger partial charge in [-0.1, -0.05) is 36.4 Å². The predicted molar refractivity (Wildman–Crippen MR) is 107 cm³/mol. The fraction of sp³-hybridized carbons (Fsp3) is 0.300. The number of benzene rings is 1. The molecule has 0 aliphatic carbocycles. The lowest BCUT2D eigenvalue weighted by Crippen LogP contribution is -2.23. The number of carbonyl (C=O) groups is 1. The lowest BCUT2D eigenvalue weighted by molar-refractivity contribution is -0.118. The third-order valence-corrected chi connectivity index (χ3v) is 5.22. The Hall–Kier alpha value is -2.67. The Kier molecular flexibility index (Phi) is 6.59. The third kappa shape index (κ3) is 5.17. The first-order chi connectivity index (χ1) is 13.1. The van der Waals surface area contributed by atoms with E-state index < -0.39 is 0 Å². The van der Waals surface area contributed by atoms with Crippen molar-refractivity contribution in [1.82, 2.24) is 14.5 Å². The van der Waals surface area contributed by atoms with Gasteiger partial charge in [0.15, 0.2) is 5.16 Å². The fourth-order valence-corrected chi connectivity index (χ4v) is 3.76. The summed E-state index contributed by atoms with van der Waals surface area (Å²) in [5.41, 5.74) is 6.80. The summed E-state index contributed by atoms with van der Waals surface area (Å²) >= 11 is 1.51. The number of aromatic nitrogens is 3. The maximum Gasteiger partial charge on any atom is 0.262 e. The van der Waals surface area contributed by atoms with Gasteiger partial charge in [-0.3, -0.25) is 19.1 Å². The number of pyridine rings is 1. The first-order valence-corrected chi connectivity index (χ1v) is 9.94. The highest BCUT2D eigenvalue weighted by molar-refractivity contribution is 7.98. The zero-order chi connectivity index (χ0) is 19.1. The number of hydrogen-bond donors (Lipinski definition) is 1. The summed E-state index contributed by atoms with van der Waals surface area (Å²) in [4.78, 5) is 32.8. The van der Waals surface area contributed by atoms with Gasteiger partial charge in [-0.15, -0.1) is 0 Å². The zero-order valence-corrected chi connectivity index (χ0v) is 15.8. The van der Waals surface area contributed by atoms with Crippen molar-refractivity contribution in [3.63, 3.8) is 0 Å². The lowest BCUT2D eigenvalue weighted by atomic mass is 10.2. The van der Waals surface area contributed by atoms with Gasteiger partial charge in [-0.25, -0.2) is 4.98 Å². The van der Waals surface area contributed by atoms with E-state index in [1.807, 2.05) is 36.4 Å². The maximum absolute atomic E-state index is 13.0. The van der Waals surface area contributed by atoms with Crippen LogP contribution in [-0.2, 0) is 17.1 Å². The topological polar surface area (TPSA) is 90.9 Å². The molecule has 2 aromatic heterocycles. The molecule has 2 N–H and O–H groups in total. The lowest BCUT2D eigenvalue weighted by Gasteiger charge is -2.13. The van der Waals surface area contributed by atoms with Crippen LogP contribution in [0.25, 0.3) is 10.9 Å². The molecule has 0 atom stereocenters. The second-order valence-corrected chi connectivity index (χ2v) is 7.20. The van der Waals surface area contributed by atoms with E-state index in [1.165, 1.54) is 11.8 Å². The maximum atomic E-state index is 13.0. The molecule has 27 heavy (non-hydrogen) atoms. The molecule has 7 heteroatoms. The summed E-state index contributed by atoms with van der Waals surface area (Å²) in [6, 6.07) is 13.2. The van der Waals surface area contributed by atoms with E-state index in [0.29, 0.717) is 34.8 Å². The van der Waals surface area contributed by atoms with Gasteiger partial charge in [0.05, 0.1) is 16.6 Å². The predicted octanol–water partition coefficient (Wildman–Crippen LogP) is 3.13. The Labute approximate surface area is 161 Å². The van der Waals surface area contributed by atoms with E-state index in [-0.39, 0.29) is 11.5 Å². The Bertz CT molecular complexity index is 973. The number of carbonyl (C=O) groups excluding carboxylic acids is 1. The molecule has 0 bridgehead atoms. The van der Waals surface area contributed by atoms with Gasteiger partial charge < -0.3 is 5.73 Å². The molecule has 1 aromatic carbocycles. The highest BCUT2D eigenvalue weighted by Crippen LogP contribution is 2.21. The molecule has 2 heterocycles. The van der Waals surface area contributed by atoms with Gasteiger partial charge in [0.25, 0.3) is 5.56 Å². The van der Waals surface area contributed by atoms with E-state index in [4.69, 9.17) is 10.7 Å². The summed E-state index contributed by atoms with van der Waals surface area (Å²) in [6.45, 7) is 0.569. The van der Waals surface area contributed by atoms with E-state index in [2.05, 4.69) is 4.98 Å². The van der Waals surface area contributed by atoms with Crippen LogP contribution in [0.15, 0.2) is 58.6 Å². The average Bonchev–Trinajstić information content (AvgIpc) is 2.68. The molecule has 0 spiro atoms. The molecule has 0 aliphatic rings. The molecule has 3 aromatic rings. The van der Waals surface area contributed by atoms with Crippen LogP contribution in [0.3, 0.4) is 0 Å². The number of rotatable bonds is 9. The van der Waals surface area contributed by atoms with Gasteiger partial charge in [0.1, 0.15) is 0 Å². The first-order valence-electron chi connectivity index (χ1n) is 8.96. The van der Waals surface area contributed by atoms with Crippen molar-refractivity contribution in [2.45, 2.75) is 43.1 Å². The van der Waals surface area contributed by atoms with E-state index >= 15 is 0 Å². The Balaban J connectivity index is 1.80. The molecule has 0 radical (unpaired) electrons. The Morgan fingerprint density at radius 1 is 1.07 bits per heavy atom. The average molecular weight is 382 g/mol. The van der Waals surface area contributed by atoms with E-state index in [9.17, 15) is 9.59 Å². The van der Waals surface area contributed by atoms with Gasteiger partial charge in [0.2, 0.25) is 5.91 Å². The number of fused-ring (bicyclic) bond motifs is 1. The number of para-hydroxylation sites is 1. The summed E-state index contributed by atoms with van der Waals surface area (Å²) in [7, 11) is 0. The molecule has 0 fully saturated rings. The van der Waals surface area contributed by atoms with Gasteiger partial charge in [0, 0.05) is 24.9 Å². The summed E-state index contributed by atoms with van der Waals surface area (Å²) in [6.07, 6.45) is 4.51. The third-order valence-electron chi connectivity index (χ3n) is 4.21. The van der Waals surface area contributed by atoms with E-state index in [1.54, 1.807) is 16.8 Å². The van der Waals surface area contributed by atoms with Crippen LogP contribution in [0.1, 0.15) is 31.4 Å². The largest absolute Gasteiger partial charge is 0.370 e. The summed E-state index contributed by atoms with van der Waals surface area (Å²) < 4.78 is 1.74. The molecule has 6 nitrogen and oxygen atoms in total. The number of nitrogens with two attached hydrogens (primary N) is 1. The number of thioether (sulfide) groups is 1. The van der Waals surface area contributed by atoms with Crippen molar-refractivity contribution in [3.8, 4) is 0 Å². The van der Waals surface area contributed by atoms with Crippen molar-refractivity contribution >= 4 is 28.6 Å². The van der Waals surface area contributed by atoms with Crippen molar-refractivity contribution < 1.29 is 4.79 Å². The Morgan fingerprint density at radius 3 is 2.67 bits per heavy atom. The van der Waals surface area contributed by atoms with Crippen LogP contribution < -0.4 is 11.3 Å². The smallest absolute Gasteiger partial charge is 0.262 e. The molecular formula is C20H22N4O2S. The molecule has 1 amide bonds. The number of nitrogens with zero attached hydrogens (tertiary/aromatic N) is 3. The monoisotopic (exact) mass is 382 g/mol. The van der Waals surface area contributed by atoms with Crippen molar-refractivity contribution in [3.05, 3.63) is 64.7 Å². The van der Waals surface area contributed by atoms with E-state index in [0.717, 1.165) is 25.0 Å². The zero-order valence-electron chi connectivity index (χ0n) is 15.0. The molecule has 3 rings (SSSR count). The number of amides is 1. The summed E-state index contributed by atoms with van der Waals surface area (Å²) in [5.74, 6) is 0.360. The molecular weight excluding hydrogens is 360 g/mol. The van der Waals surface area contributed by atoms with Crippen molar-refractivity contribution in [2.75, 3.05) is 0 Å². The summed E-state index contributed by atoms with van der Waals surface area (Å²) in [5, 5.41) is 1.32. The SMILES string of the molecule is NC(=O)CCCCCn1c(SCc2ccccn2)nc2ccccc2c1=O. The van der Waals surface area contributed by atoms with Gasteiger partial charge >= 0.3 is 0 Å². The first kappa shape index (κ1) is 19.1. The van der Waals surface area contributed by atoms with Crippen LogP contribution in [0.5, 0.6) is 0 Å². The second-order valence-electron chi connectivity index (χ2n) is 6.26. The number of primary amides is 1. The molecule has 0 saturated heterocycles. The Morgan fingerprint density at radius 2 is 1.89 bits per heavy atom. The molecule has 140 valence electrons. The quantitative estimate of drug-likeness (QED) is 0.349. The highest BCUT2D eigenvalue weighted by Gasteiger charge is 2.12. The van der Waals surface area contributed by atoms with Crippen LogP contribution in [0.2, 0.25) is 0 Å². The standard InChI is InChI=1S/C20H22N4O2S/c21-18(25)11-2-1-7-13-24-19(26)16-9-3-4-10-17(16)23-20(24)27-14-15-8-5-6-12-22-15/h3-6,8-10,12H,1-2,7,11,13-14H2,(H2,21,25). The van der Waals surface area contributed by atoms with Crippen LogP contribution in [0.4, 0.5) is 0 Å².